The predicted molar refractivity (Wildman–Crippen MR) is 159 cm³/mol. The van der Waals surface area contributed by atoms with Gasteiger partial charge >= 0.3 is 0 Å². The number of Topliss-reactive ketones (excluding diaryl/α,β-unsaturated/α-hetero) is 1. The van der Waals surface area contributed by atoms with Crippen LogP contribution in [-0.2, 0) is 29.0 Å². The minimum absolute atomic E-state index is 0.0523. The van der Waals surface area contributed by atoms with Gasteiger partial charge in [0.15, 0.2) is 5.78 Å². The third kappa shape index (κ3) is 5.74. The average molecular weight is 598 g/mol. The first-order chi connectivity index (χ1) is 21.2. The third-order valence-electron chi connectivity index (χ3n) is 8.58. The molecule has 0 radical (unpaired) electrons. The summed E-state index contributed by atoms with van der Waals surface area (Å²) in [5.41, 5.74) is 3.86. The molecule has 2 aromatic carbocycles. The number of piperazine rings is 1. The number of aryl methyl sites for hydroxylation is 2. The van der Waals surface area contributed by atoms with Gasteiger partial charge in [-0.15, -0.1) is 0 Å². The van der Waals surface area contributed by atoms with Gasteiger partial charge in [-0.3, -0.25) is 44.1 Å². The fourth-order valence-electron chi connectivity index (χ4n) is 6.19. The van der Waals surface area contributed by atoms with Gasteiger partial charge in [-0.05, 0) is 60.2 Å². The summed E-state index contributed by atoms with van der Waals surface area (Å²) in [4.78, 5) is 71.6. The number of carbonyl (C=O) groups is 5. The largest absolute Gasteiger partial charge is 0.369 e. The highest BCUT2D eigenvalue weighted by Crippen LogP contribution is 2.31. The normalized spacial score (nSPS) is 18.9. The molecule has 3 aliphatic rings. The Balaban J connectivity index is 1.07. The lowest BCUT2D eigenvalue weighted by atomic mass is 9.96. The van der Waals surface area contributed by atoms with Crippen LogP contribution < -0.4 is 10.2 Å². The number of ketones is 1. The number of nitrogens with zero attached hydrogens (tertiary/aromatic N) is 4. The fraction of sp³-hybridized carbons (Fsp3) is 0.333. The molecule has 0 saturated carbocycles. The van der Waals surface area contributed by atoms with Crippen molar-refractivity contribution in [2.45, 2.75) is 45.2 Å². The maximum atomic E-state index is 15.2. The molecule has 0 bridgehead atoms. The van der Waals surface area contributed by atoms with Crippen LogP contribution in [0.2, 0.25) is 0 Å². The Labute approximate surface area is 253 Å². The topological polar surface area (TPSA) is 120 Å². The van der Waals surface area contributed by atoms with Gasteiger partial charge < -0.3 is 4.90 Å². The van der Waals surface area contributed by atoms with Crippen LogP contribution in [-0.4, -0.2) is 76.4 Å². The van der Waals surface area contributed by atoms with Crippen LogP contribution in [0.3, 0.4) is 0 Å². The number of rotatable bonds is 8. The van der Waals surface area contributed by atoms with Gasteiger partial charge in [0.1, 0.15) is 17.6 Å². The van der Waals surface area contributed by atoms with Crippen LogP contribution >= 0.6 is 0 Å². The van der Waals surface area contributed by atoms with Gasteiger partial charge in [0.25, 0.3) is 11.8 Å². The van der Waals surface area contributed by atoms with Crippen molar-refractivity contribution in [2.75, 3.05) is 31.1 Å². The predicted octanol–water partition coefficient (Wildman–Crippen LogP) is 2.93. The second-order valence-electron chi connectivity index (χ2n) is 11.4. The van der Waals surface area contributed by atoms with Crippen molar-refractivity contribution in [3.63, 3.8) is 0 Å². The van der Waals surface area contributed by atoms with E-state index in [1.807, 2.05) is 18.2 Å². The van der Waals surface area contributed by atoms with Crippen LogP contribution in [0.1, 0.15) is 67.7 Å². The number of imide groups is 2. The van der Waals surface area contributed by atoms with Gasteiger partial charge in [-0.25, -0.2) is 4.39 Å². The van der Waals surface area contributed by atoms with Crippen molar-refractivity contribution in [1.82, 2.24) is 20.1 Å². The summed E-state index contributed by atoms with van der Waals surface area (Å²) in [7, 11) is 0. The van der Waals surface area contributed by atoms with E-state index in [2.05, 4.69) is 20.1 Å². The number of aromatic nitrogens is 1. The molecule has 10 nitrogen and oxygen atoms in total. The summed E-state index contributed by atoms with van der Waals surface area (Å²) >= 11 is 0. The number of fused-ring (bicyclic) bond motifs is 1. The summed E-state index contributed by atoms with van der Waals surface area (Å²) in [6.07, 6.45) is 2.46. The van der Waals surface area contributed by atoms with Crippen molar-refractivity contribution < 1.29 is 28.4 Å². The van der Waals surface area contributed by atoms with Gasteiger partial charge in [-0.1, -0.05) is 24.3 Å². The Hall–Kier alpha value is -4.77. The second-order valence-corrected chi connectivity index (χ2v) is 11.4. The van der Waals surface area contributed by atoms with Crippen molar-refractivity contribution >= 4 is 35.1 Å². The van der Waals surface area contributed by atoms with Crippen LogP contribution in [0.5, 0.6) is 0 Å². The van der Waals surface area contributed by atoms with E-state index in [1.54, 1.807) is 36.5 Å². The molecule has 2 fully saturated rings. The van der Waals surface area contributed by atoms with Gasteiger partial charge in [0.05, 0.1) is 11.1 Å². The van der Waals surface area contributed by atoms with E-state index >= 15 is 4.39 Å². The van der Waals surface area contributed by atoms with Crippen molar-refractivity contribution in [2.24, 2.45) is 0 Å². The molecule has 11 heteroatoms. The summed E-state index contributed by atoms with van der Waals surface area (Å²) in [6.45, 7) is 5.27. The number of benzene rings is 2. The number of hydrogen-bond acceptors (Lipinski definition) is 8. The molecule has 44 heavy (non-hydrogen) atoms. The Morgan fingerprint density at radius 1 is 0.955 bits per heavy atom. The molecule has 226 valence electrons. The number of anilines is 1. The maximum Gasteiger partial charge on any atom is 0.262 e. The summed E-state index contributed by atoms with van der Waals surface area (Å²) in [6, 6.07) is 12.9. The molecule has 3 aliphatic heterocycles. The molecule has 2 saturated heterocycles. The lowest BCUT2D eigenvalue weighted by molar-refractivity contribution is -0.136. The number of amides is 4. The average Bonchev–Trinajstić information content (AvgIpc) is 3.27. The standard InChI is InChI=1S/C33H32FN5O5/c1-20(40)27-18-24(11-12-35-27)38-15-13-37(14-16-38)19-21-5-6-22(26(34)17-21)7-8-23-3-2-4-25-30(23)33(44)39(32(25)43)28-9-10-29(41)36-31(28)42/h2-6,11-12,17-18,28H,7-10,13-16,19H2,1H3,(H,36,41,42). The zero-order valence-electron chi connectivity index (χ0n) is 24.3. The van der Waals surface area contributed by atoms with Crippen LogP contribution in [0.4, 0.5) is 10.1 Å². The lowest BCUT2D eigenvalue weighted by Crippen LogP contribution is -2.54. The number of halogens is 1. The number of nitrogens with one attached hydrogen (secondary N) is 1. The molecule has 4 heterocycles. The Morgan fingerprint density at radius 2 is 1.73 bits per heavy atom. The van der Waals surface area contributed by atoms with E-state index in [4.69, 9.17) is 0 Å². The van der Waals surface area contributed by atoms with E-state index in [0.717, 1.165) is 42.3 Å². The molecule has 1 atom stereocenters. The fourth-order valence-corrected chi connectivity index (χ4v) is 6.19. The molecule has 1 N–H and O–H groups in total. The van der Waals surface area contributed by atoms with Crippen LogP contribution in [0, 0.1) is 5.82 Å². The molecule has 1 aromatic heterocycles. The van der Waals surface area contributed by atoms with E-state index in [0.29, 0.717) is 36.2 Å². The number of hydrogen-bond donors (Lipinski definition) is 1. The van der Waals surface area contributed by atoms with Gasteiger partial charge in [0, 0.05) is 58.0 Å². The first kappa shape index (κ1) is 29.3. The highest BCUT2D eigenvalue weighted by Gasteiger charge is 2.45. The minimum atomic E-state index is -1.03. The monoisotopic (exact) mass is 597 g/mol. The number of carbonyl (C=O) groups excluding carboxylic acids is 5. The molecule has 1 unspecified atom stereocenters. The molecule has 0 spiro atoms. The van der Waals surface area contributed by atoms with Crippen molar-refractivity contribution in [3.05, 3.63) is 94.1 Å². The Bertz CT molecular complexity index is 1680. The first-order valence-electron chi connectivity index (χ1n) is 14.7. The minimum Gasteiger partial charge on any atom is -0.369 e. The first-order valence-corrected chi connectivity index (χ1v) is 14.7. The SMILES string of the molecule is CC(=O)c1cc(N2CCN(Cc3ccc(CCc4cccc5c4C(=O)N(C4CCC(=O)NC4=O)C5=O)c(F)c3)CC2)ccn1. The van der Waals surface area contributed by atoms with Crippen LogP contribution in [0.25, 0.3) is 0 Å². The summed E-state index contributed by atoms with van der Waals surface area (Å²) in [5, 5.41) is 2.20. The quantitative estimate of drug-likeness (QED) is 0.311. The highest BCUT2D eigenvalue weighted by atomic mass is 19.1. The molecule has 6 rings (SSSR count). The third-order valence-corrected chi connectivity index (χ3v) is 8.58. The zero-order chi connectivity index (χ0) is 31.0. The molecule has 0 aliphatic carbocycles. The molecule has 3 aromatic rings. The Kier molecular flexibility index (Phi) is 8.05. The highest BCUT2D eigenvalue weighted by molar-refractivity contribution is 6.24. The van der Waals surface area contributed by atoms with Crippen molar-refractivity contribution in [1.29, 1.82) is 0 Å². The second kappa shape index (κ2) is 12.1. The maximum absolute atomic E-state index is 15.2. The van der Waals surface area contributed by atoms with E-state index in [9.17, 15) is 24.0 Å². The molecular weight excluding hydrogens is 565 g/mol. The van der Waals surface area contributed by atoms with Gasteiger partial charge in [0.2, 0.25) is 11.8 Å². The van der Waals surface area contributed by atoms with E-state index in [-0.39, 0.29) is 35.6 Å². The summed E-state index contributed by atoms with van der Waals surface area (Å²) < 4.78 is 15.2. The molecule has 4 amide bonds. The van der Waals surface area contributed by atoms with Crippen LogP contribution in [0.15, 0.2) is 54.7 Å². The lowest BCUT2D eigenvalue weighted by Gasteiger charge is -2.36. The van der Waals surface area contributed by atoms with E-state index in [1.165, 1.54) is 6.92 Å². The Morgan fingerprint density at radius 3 is 2.45 bits per heavy atom. The van der Waals surface area contributed by atoms with Crippen molar-refractivity contribution in [3.8, 4) is 0 Å². The molecular formula is C33H32FN5O5. The smallest absolute Gasteiger partial charge is 0.262 e. The number of piperidine rings is 1. The summed E-state index contributed by atoms with van der Waals surface area (Å²) in [5.74, 6) is -2.59. The zero-order valence-corrected chi connectivity index (χ0v) is 24.3. The number of pyridine rings is 1. The van der Waals surface area contributed by atoms with E-state index < -0.39 is 29.7 Å². The van der Waals surface area contributed by atoms with Gasteiger partial charge in [-0.2, -0.15) is 0 Å².